The largest absolute Gasteiger partial charge is 0.506 e. The Bertz CT molecular complexity index is 2530. The molecule has 3 N–H and O–H groups in total. The molecule has 52 heavy (non-hydrogen) atoms. The molecule has 0 saturated carbocycles. The third-order valence-corrected chi connectivity index (χ3v) is 12.0. The Labute approximate surface area is 302 Å². The maximum atomic E-state index is 14.0. The molecule has 7 rings (SSSR count). The normalized spacial score (nSPS) is 19.3. The standard InChI is InChI=1S/C40H36N2O8S2/c1-39(2)31-19-27(51(45,46)47)15-17-33(31)41(23-25-11-7-5-8-12-25)35(39)21-29-37(43)30(38(29)44)22-36-40(3,4)32-20-28(52(48,49)50)16-18-34(32)42(36)24-26-13-9-6-10-14-26/h5-22H,23-24H2,1-4H3,(H2-,43,44,45,46,47,48,49,50)/p+1. The second kappa shape index (κ2) is 12.2. The van der Waals surface area contributed by atoms with E-state index in [1.54, 1.807) is 24.3 Å². The molecular weight excluding hydrogens is 701 g/mol. The molecule has 1 aliphatic carbocycles. The van der Waals surface area contributed by atoms with Gasteiger partial charge in [0, 0.05) is 46.6 Å². The van der Waals surface area contributed by atoms with Gasteiger partial charge in [0.05, 0.1) is 26.4 Å². The Kier molecular flexibility index (Phi) is 8.30. The first-order valence-electron chi connectivity index (χ1n) is 16.6. The fraction of sp³-hybridized carbons (Fsp3) is 0.200. The van der Waals surface area contributed by atoms with Crippen molar-refractivity contribution in [1.29, 1.82) is 0 Å². The molecule has 10 nitrogen and oxygen atoms in total. The van der Waals surface area contributed by atoms with Crippen LogP contribution >= 0.6 is 0 Å². The Morgan fingerprint density at radius 1 is 0.712 bits per heavy atom. The molecule has 0 bridgehead atoms. The second-order valence-corrected chi connectivity index (χ2v) is 17.1. The molecule has 0 fully saturated rings. The summed E-state index contributed by atoms with van der Waals surface area (Å²) in [5.74, 6) is -0.604. The van der Waals surface area contributed by atoms with Crippen molar-refractivity contribution in [3.05, 3.63) is 154 Å². The second-order valence-electron chi connectivity index (χ2n) is 14.3. The van der Waals surface area contributed by atoms with Crippen LogP contribution in [0.1, 0.15) is 49.9 Å². The number of carbonyl (C=O) groups excluding carboxylic acids is 1. The fourth-order valence-corrected chi connectivity index (χ4v) is 8.42. The maximum absolute atomic E-state index is 14.0. The van der Waals surface area contributed by atoms with Crippen molar-refractivity contribution in [2.24, 2.45) is 0 Å². The van der Waals surface area contributed by atoms with Crippen molar-refractivity contribution in [1.82, 2.24) is 0 Å². The van der Waals surface area contributed by atoms with E-state index in [0.29, 0.717) is 47.0 Å². The lowest BCUT2D eigenvalue weighted by molar-refractivity contribution is -0.455. The smallest absolute Gasteiger partial charge is 0.294 e. The van der Waals surface area contributed by atoms with Crippen molar-refractivity contribution >= 4 is 43.1 Å². The predicted octanol–water partition coefficient (Wildman–Crippen LogP) is 6.96. The van der Waals surface area contributed by atoms with Gasteiger partial charge in [0.2, 0.25) is 11.5 Å². The maximum Gasteiger partial charge on any atom is 0.294 e. The molecule has 4 aromatic carbocycles. The van der Waals surface area contributed by atoms with Crippen molar-refractivity contribution in [3.8, 4) is 0 Å². The number of aliphatic hydroxyl groups excluding tert-OH is 1. The Morgan fingerprint density at radius 3 is 1.85 bits per heavy atom. The highest BCUT2D eigenvalue weighted by atomic mass is 32.2. The molecule has 2 heterocycles. The zero-order valence-electron chi connectivity index (χ0n) is 28.9. The minimum absolute atomic E-state index is 0.0902. The van der Waals surface area contributed by atoms with Crippen LogP contribution in [0.4, 0.5) is 11.4 Å². The number of ketones is 1. The van der Waals surface area contributed by atoms with Crippen LogP contribution in [0.2, 0.25) is 0 Å². The summed E-state index contributed by atoms with van der Waals surface area (Å²) in [6.07, 6.45) is 3.29. The molecule has 0 saturated heterocycles. The van der Waals surface area contributed by atoms with Crippen molar-refractivity contribution in [2.45, 2.75) is 61.4 Å². The average Bonchev–Trinajstić information content (AvgIpc) is 3.43. The molecule has 0 unspecified atom stereocenters. The zero-order valence-corrected chi connectivity index (χ0v) is 30.5. The van der Waals surface area contributed by atoms with E-state index in [4.69, 9.17) is 0 Å². The van der Waals surface area contributed by atoms with Gasteiger partial charge in [0.1, 0.15) is 5.76 Å². The first-order chi connectivity index (χ1) is 24.4. The van der Waals surface area contributed by atoms with E-state index >= 15 is 0 Å². The highest BCUT2D eigenvalue weighted by Crippen LogP contribution is 2.50. The Balaban J connectivity index is 1.35. The molecule has 2 aliphatic heterocycles. The zero-order chi connectivity index (χ0) is 37.4. The summed E-state index contributed by atoms with van der Waals surface area (Å²) < 4.78 is 70.0. The van der Waals surface area contributed by atoms with E-state index in [0.717, 1.165) is 11.1 Å². The van der Waals surface area contributed by atoms with E-state index in [1.165, 1.54) is 24.3 Å². The van der Waals surface area contributed by atoms with Crippen LogP contribution < -0.4 is 4.90 Å². The number of anilines is 1. The molecule has 0 amide bonds. The summed E-state index contributed by atoms with van der Waals surface area (Å²) in [5, 5.41) is 11.6. The predicted molar refractivity (Wildman–Crippen MR) is 197 cm³/mol. The SMILES string of the molecule is CC1(C)C(/C=C2\C(=O)C(/C=C3\N(Cc4ccccc4)c4ccc(S(=O)(=O)O)cc4C3(C)C)=C2O)=[N+](Cc2ccccc2)c2ccc(S(=O)(=O)O)cc21. The third-order valence-electron chi connectivity index (χ3n) is 10.3. The molecule has 12 heteroatoms. The van der Waals surface area contributed by atoms with Gasteiger partial charge in [-0.05, 0) is 61.4 Å². The number of Topliss-reactive ketones (excluding diaryl/α,β-unsaturated/α-hetero) is 1. The Hall–Kier alpha value is -5.14. The van der Waals surface area contributed by atoms with Crippen molar-refractivity contribution in [2.75, 3.05) is 4.90 Å². The minimum atomic E-state index is -4.48. The van der Waals surface area contributed by atoms with E-state index in [9.17, 15) is 35.8 Å². The molecular formula is C40H37N2O8S2+. The van der Waals surface area contributed by atoms with Crippen LogP contribution in [-0.4, -0.2) is 47.1 Å². The van der Waals surface area contributed by atoms with Crippen LogP contribution in [0.25, 0.3) is 0 Å². The number of hydrogen-bond acceptors (Lipinski definition) is 7. The summed E-state index contributed by atoms with van der Waals surface area (Å²) in [6.45, 7) is 8.36. The van der Waals surface area contributed by atoms with Gasteiger partial charge in [-0.1, -0.05) is 74.5 Å². The average molecular weight is 738 g/mol. The lowest BCUT2D eigenvalue weighted by Crippen LogP contribution is -2.32. The highest BCUT2D eigenvalue weighted by Gasteiger charge is 2.48. The minimum Gasteiger partial charge on any atom is -0.506 e. The lowest BCUT2D eigenvalue weighted by Gasteiger charge is -2.29. The number of allylic oxidation sites excluding steroid dienone is 5. The first-order valence-corrected chi connectivity index (χ1v) is 19.4. The van der Waals surface area contributed by atoms with Crippen LogP contribution in [-0.2, 0) is 49.0 Å². The van der Waals surface area contributed by atoms with Gasteiger partial charge in [-0.2, -0.15) is 21.4 Å². The summed E-state index contributed by atoms with van der Waals surface area (Å²) in [7, 11) is -8.97. The molecule has 0 spiro atoms. The van der Waals surface area contributed by atoms with Gasteiger partial charge in [0.25, 0.3) is 20.2 Å². The number of aliphatic hydroxyl groups is 1. The monoisotopic (exact) mass is 737 g/mol. The molecule has 0 radical (unpaired) electrons. The van der Waals surface area contributed by atoms with Gasteiger partial charge >= 0.3 is 0 Å². The van der Waals surface area contributed by atoms with Gasteiger partial charge < -0.3 is 10.0 Å². The van der Waals surface area contributed by atoms with E-state index in [2.05, 4.69) is 0 Å². The third kappa shape index (κ3) is 5.91. The fourth-order valence-electron chi connectivity index (χ4n) is 7.41. The molecule has 0 atom stereocenters. The summed E-state index contributed by atoms with van der Waals surface area (Å²) in [5.41, 5.74) is 4.42. The Morgan fingerprint density at radius 2 is 1.27 bits per heavy atom. The summed E-state index contributed by atoms with van der Waals surface area (Å²) >= 11 is 0. The quantitative estimate of drug-likeness (QED) is 0.0990. The molecule has 4 aromatic rings. The van der Waals surface area contributed by atoms with Crippen LogP contribution in [0, 0.1) is 0 Å². The molecule has 3 aliphatic rings. The van der Waals surface area contributed by atoms with Crippen LogP contribution in [0.5, 0.6) is 0 Å². The van der Waals surface area contributed by atoms with E-state index < -0.39 is 36.8 Å². The number of rotatable bonds is 8. The number of benzene rings is 4. The topological polar surface area (TPSA) is 152 Å². The van der Waals surface area contributed by atoms with E-state index in [1.807, 2.05) is 97.8 Å². The van der Waals surface area contributed by atoms with Crippen LogP contribution in [0.15, 0.2) is 142 Å². The number of nitrogens with zero attached hydrogens (tertiary/aromatic N) is 2. The van der Waals surface area contributed by atoms with Gasteiger partial charge in [-0.25, -0.2) is 0 Å². The summed E-state index contributed by atoms with van der Waals surface area (Å²) in [4.78, 5) is 15.5. The number of hydrogen-bond donors (Lipinski definition) is 3. The van der Waals surface area contributed by atoms with E-state index in [-0.39, 0.29) is 26.7 Å². The highest BCUT2D eigenvalue weighted by molar-refractivity contribution is 7.86. The van der Waals surface area contributed by atoms with Crippen molar-refractivity contribution in [3.63, 3.8) is 0 Å². The van der Waals surface area contributed by atoms with Crippen molar-refractivity contribution < 1.29 is 40.4 Å². The molecule has 0 aromatic heterocycles. The number of fused-ring (bicyclic) bond motifs is 2. The summed E-state index contributed by atoms with van der Waals surface area (Å²) in [6, 6.07) is 28.1. The van der Waals surface area contributed by atoms with Gasteiger partial charge in [0.15, 0.2) is 12.3 Å². The van der Waals surface area contributed by atoms with Gasteiger partial charge in [-0.3, -0.25) is 13.9 Å². The van der Waals surface area contributed by atoms with Gasteiger partial charge in [-0.15, -0.1) is 0 Å². The molecule has 266 valence electrons. The van der Waals surface area contributed by atoms with Crippen LogP contribution in [0.3, 0.4) is 0 Å². The lowest BCUT2D eigenvalue weighted by atomic mass is 9.77. The first kappa shape index (κ1) is 35.3. The number of carbonyl (C=O) groups is 1.